The van der Waals surface area contributed by atoms with Crippen LogP contribution in [0.4, 0.5) is 5.69 Å². The molecule has 6 heteroatoms. The molecular weight excluding hydrogens is 206 g/mol. The molecule has 0 atom stereocenters. The van der Waals surface area contributed by atoms with Crippen molar-refractivity contribution in [1.82, 2.24) is 15.0 Å². The van der Waals surface area contributed by atoms with Gasteiger partial charge in [0.1, 0.15) is 12.7 Å². The maximum Gasteiger partial charge on any atom is 0.250 e. The monoisotopic (exact) mass is 215 g/mol. The van der Waals surface area contributed by atoms with Crippen LogP contribution >= 0.6 is 0 Å². The number of anilines is 1. The van der Waals surface area contributed by atoms with Gasteiger partial charge in [-0.2, -0.15) is 0 Å². The van der Waals surface area contributed by atoms with Crippen LogP contribution in [0.1, 0.15) is 10.4 Å². The van der Waals surface area contributed by atoms with E-state index in [-0.39, 0.29) is 11.3 Å². The molecule has 2 rings (SSSR count). The molecule has 0 unspecified atom stereocenters. The highest BCUT2D eigenvalue weighted by Gasteiger charge is 2.11. The van der Waals surface area contributed by atoms with Crippen molar-refractivity contribution in [3.05, 3.63) is 36.4 Å². The van der Waals surface area contributed by atoms with Crippen molar-refractivity contribution in [3.63, 3.8) is 0 Å². The molecule has 4 N–H and O–H groups in total. The third kappa shape index (κ3) is 1.68. The summed E-state index contributed by atoms with van der Waals surface area (Å²) >= 11 is 0. The number of amides is 1. The van der Waals surface area contributed by atoms with E-state index >= 15 is 0 Å². The van der Waals surface area contributed by atoms with E-state index < -0.39 is 5.91 Å². The van der Waals surface area contributed by atoms with Gasteiger partial charge in [0.25, 0.3) is 5.91 Å². The third-order valence-electron chi connectivity index (χ3n) is 2.11. The molecule has 2 aromatic rings. The van der Waals surface area contributed by atoms with E-state index in [2.05, 4.69) is 15.0 Å². The predicted octanol–water partition coefficient (Wildman–Crippen LogP) is 0.220. The number of carbonyl (C=O) groups is 1. The fourth-order valence-electron chi connectivity index (χ4n) is 1.35. The van der Waals surface area contributed by atoms with Gasteiger partial charge < -0.3 is 11.5 Å². The lowest BCUT2D eigenvalue weighted by molar-refractivity contribution is 0.100. The molecular formula is C10H9N5O. The topological polar surface area (TPSA) is 108 Å². The lowest BCUT2D eigenvalue weighted by Crippen LogP contribution is -2.14. The molecule has 80 valence electrons. The van der Waals surface area contributed by atoms with Gasteiger partial charge in [-0.15, -0.1) is 0 Å². The number of aromatic nitrogens is 3. The van der Waals surface area contributed by atoms with E-state index in [4.69, 9.17) is 11.5 Å². The average Bonchev–Trinajstić information content (AvgIpc) is 2.30. The molecule has 0 radical (unpaired) electrons. The van der Waals surface area contributed by atoms with Crippen LogP contribution in [0.15, 0.2) is 30.9 Å². The van der Waals surface area contributed by atoms with E-state index in [1.807, 2.05) is 0 Å². The largest absolute Gasteiger partial charge is 0.397 e. The second kappa shape index (κ2) is 3.93. The number of benzene rings is 1. The number of nitrogens with two attached hydrogens (primary N) is 2. The highest BCUT2D eigenvalue weighted by Crippen LogP contribution is 2.24. The van der Waals surface area contributed by atoms with Gasteiger partial charge in [0.05, 0.1) is 11.3 Å². The lowest BCUT2D eigenvalue weighted by atomic mass is 10.1. The Morgan fingerprint density at radius 2 is 1.88 bits per heavy atom. The van der Waals surface area contributed by atoms with E-state index in [1.54, 1.807) is 18.2 Å². The van der Waals surface area contributed by atoms with Crippen molar-refractivity contribution >= 4 is 11.6 Å². The van der Waals surface area contributed by atoms with Gasteiger partial charge >= 0.3 is 0 Å². The second-order valence-electron chi connectivity index (χ2n) is 3.09. The molecule has 1 aromatic carbocycles. The average molecular weight is 215 g/mol. The zero-order chi connectivity index (χ0) is 11.5. The van der Waals surface area contributed by atoms with Crippen LogP contribution in [0.25, 0.3) is 11.4 Å². The summed E-state index contributed by atoms with van der Waals surface area (Å²) in [7, 11) is 0. The molecule has 0 bridgehead atoms. The fraction of sp³-hybridized carbons (Fsp3) is 0. The minimum atomic E-state index is -0.576. The molecule has 0 aliphatic rings. The summed E-state index contributed by atoms with van der Waals surface area (Å²) < 4.78 is 0. The summed E-state index contributed by atoms with van der Waals surface area (Å²) in [6, 6.07) is 4.95. The first-order valence-electron chi connectivity index (χ1n) is 4.51. The summed E-state index contributed by atoms with van der Waals surface area (Å²) in [5.41, 5.74) is 12.1. The lowest BCUT2D eigenvalue weighted by Gasteiger charge is -2.06. The number of nitrogens with zero attached hydrogens (tertiary/aromatic N) is 3. The molecule has 1 amide bonds. The first kappa shape index (κ1) is 10.0. The van der Waals surface area contributed by atoms with Crippen LogP contribution in [-0.4, -0.2) is 20.9 Å². The Morgan fingerprint density at radius 1 is 1.19 bits per heavy atom. The minimum Gasteiger partial charge on any atom is -0.397 e. The quantitative estimate of drug-likeness (QED) is 0.696. The summed E-state index contributed by atoms with van der Waals surface area (Å²) in [4.78, 5) is 22.7. The van der Waals surface area contributed by atoms with Gasteiger partial charge in [0.2, 0.25) is 0 Å². The Hall–Kier alpha value is -2.50. The molecule has 0 spiro atoms. The highest BCUT2D eigenvalue weighted by molar-refractivity contribution is 6.01. The Bertz CT molecular complexity index is 526. The van der Waals surface area contributed by atoms with Crippen molar-refractivity contribution in [2.45, 2.75) is 0 Å². The van der Waals surface area contributed by atoms with E-state index in [1.165, 1.54) is 12.7 Å². The van der Waals surface area contributed by atoms with Crippen LogP contribution in [-0.2, 0) is 0 Å². The van der Waals surface area contributed by atoms with Gasteiger partial charge in [0.15, 0.2) is 5.82 Å². The van der Waals surface area contributed by atoms with E-state index in [9.17, 15) is 4.79 Å². The normalized spacial score (nSPS) is 10.0. The molecule has 0 aliphatic heterocycles. The number of nitrogen functional groups attached to an aromatic ring is 1. The van der Waals surface area contributed by atoms with Gasteiger partial charge in [-0.05, 0) is 12.1 Å². The van der Waals surface area contributed by atoms with Gasteiger partial charge in [-0.25, -0.2) is 15.0 Å². The summed E-state index contributed by atoms with van der Waals surface area (Å²) in [6.07, 6.45) is 2.72. The van der Waals surface area contributed by atoms with Gasteiger partial charge in [0, 0.05) is 5.56 Å². The summed E-state index contributed by atoms with van der Waals surface area (Å²) in [5.74, 6) is -0.163. The Labute approximate surface area is 91.4 Å². The smallest absolute Gasteiger partial charge is 0.250 e. The fourth-order valence-corrected chi connectivity index (χ4v) is 1.35. The van der Waals surface area contributed by atoms with Crippen LogP contribution in [0, 0.1) is 0 Å². The van der Waals surface area contributed by atoms with E-state index in [0.29, 0.717) is 11.4 Å². The molecule has 0 fully saturated rings. The maximum atomic E-state index is 11.1. The molecule has 0 saturated carbocycles. The van der Waals surface area contributed by atoms with Crippen molar-refractivity contribution in [1.29, 1.82) is 0 Å². The molecule has 16 heavy (non-hydrogen) atoms. The van der Waals surface area contributed by atoms with Crippen molar-refractivity contribution < 1.29 is 4.79 Å². The maximum absolute atomic E-state index is 11.1. The number of primary amides is 1. The highest BCUT2D eigenvalue weighted by atomic mass is 16.1. The molecule has 0 aliphatic carbocycles. The number of hydrogen-bond acceptors (Lipinski definition) is 5. The summed E-state index contributed by atoms with van der Waals surface area (Å²) in [6.45, 7) is 0. The number of carbonyl (C=O) groups excluding carboxylic acids is 1. The van der Waals surface area contributed by atoms with Crippen LogP contribution in [0.2, 0.25) is 0 Å². The Morgan fingerprint density at radius 3 is 2.50 bits per heavy atom. The van der Waals surface area contributed by atoms with Crippen LogP contribution in [0.3, 0.4) is 0 Å². The second-order valence-corrected chi connectivity index (χ2v) is 3.09. The van der Waals surface area contributed by atoms with Gasteiger partial charge in [-0.3, -0.25) is 4.79 Å². The first-order chi connectivity index (χ1) is 7.70. The van der Waals surface area contributed by atoms with E-state index in [0.717, 1.165) is 0 Å². The number of hydrogen-bond donors (Lipinski definition) is 2. The number of para-hydroxylation sites is 1. The van der Waals surface area contributed by atoms with Crippen LogP contribution in [0.5, 0.6) is 0 Å². The number of rotatable bonds is 2. The standard InChI is InChI=1S/C10H9N5O/c11-8-6(9(12)16)2-1-3-7(8)10-14-4-13-5-15-10/h1-5H,11H2,(H2,12,16). The van der Waals surface area contributed by atoms with Gasteiger partial charge in [-0.1, -0.05) is 6.07 Å². The molecule has 1 heterocycles. The zero-order valence-corrected chi connectivity index (χ0v) is 8.29. The molecule has 6 nitrogen and oxygen atoms in total. The SMILES string of the molecule is NC(=O)c1cccc(-c2ncncn2)c1N. The van der Waals surface area contributed by atoms with Crippen molar-refractivity contribution in [3.8, 4) is 11.4 Å². The van der Waals surface area contributed by atoms with Crippen LogP contribution < -0.4 is 11.5 Å². The molecule has 0 saturated heterocycles. The zero-order valence-electron chi connectivity index (χ0n) is 8.29. The summed E-state index contributed by atoms with van der Waals surface area (Å²) in [5, 5.41) is 0. The minimum absolute atomic E-state index is 0.262. The third-order valence-corrected chi connectivity index (χ3v) is 2.11. The van der Waals surface area contributed by atoms with Crippen molar-refractivity contribution in [2.24, 2.45) is 5.73 Å². The Balaban J connectivity index is 2.59. The first-order valence-corrected chi connectivity index (χ1v) is 4.51. The predicted molar refractivity (Wildman–Crippen MR) is 58.2 cm³/mol. The Kier molecular flexibility index (Phi) is 2.47. The van der Waals surface area contributed by atoms with Crippen molar-refractivity contribution in [2.75, 3.05) is 5.73 Å². The molecule has 1 aromatic heterocycles.